The molecular formula is C14H24CoO8. The molecule has 0 amide bonds. The van der Waals surface area contributed by atoms with Crippen LogP contribution in [0.2, 0.25) is 0 Å². The predicted molar refractivity (Wildman–Crippen MR) is 76.2 cm³/mol. The van der Waals surface area contributed by atoms with Crippen LogP contribution in [0.15, 0.2) is 0 Å². The number of ether oxygens (including phenoxy) is 2. The summed E-state index contributed by atoms with van der Waals surface area (Å²) in [6, 6.07) is 0. The van der Waals surface area contributed by atoms with Gasteiger partial charge >= 0.3 is 23.9 Å². The molecule has 0 atom stereocenters. The summed E-state index contributed by atoms with van der Waals surface area (Å²) < 4.78 is 9.15. The Kier molecular flexibility index (Phi) is 21.1. The van der Waals surface area contributed by atoms with Gasteiger partial charge in [0.25, 0.3) is 0 Å². The van der Waals surface area contributed by atoms with Crippen LogP contribution in [-0.2, 0) is 45.4 Å². The topological polar surface area (TPSA) is 127 Å². The Morgan fingerprint density at radius 3 is 1.22 bits per heavy atom. The van der Waals surface area contributed by atoms with Gasteiger partial charge in [0.15, 0.2) is 0 Å². The smallest absolute Gasteiger partial charge is 0.306 e. The average molecular weight is 379 g/mol. The Bertz CT molecular complexity index is 323. The quantitative estimate of drug-likeness (QED) is 0.548. The first kappa shape index (κ1) is 26.3. The molecule has 0 saturated heterocycles. The number of carboxylic acid groups (broad SMARTS) is 2. The molecule has 0 aromatic carbocycles. The van der Waals surface area contributed by atoms with Gasteiger partial charge in [-0.25, -0.2) is 0 Å². The number of hydrogen-bond acceptors (Lipinski definition) is 6. The van der Waals surface area contributed by atoms with Crippen molar-refractivity contribution in [2.24, 2.45) is 0 Å². The molecule has 0 unspecified atom stereocenters. The zero-order valence-corrected chi connectivity index (χ0v) is 14.4. The Hall–Kier alpha value is -1.61. The second-order valence-electron chi connectivity index (χ2n) is 4.23. The summed E-state index contributed by atoms with van der Waals surface area (Å²) in [5, 5.41) is 16.3. The summed E-state index contributed by atoms with van der Waals surface area (Å²) in [5.74, 6) is -2.55. The molecule has 1 radical (unpaired) electrons. The third kappa shape index (κ3) is 25.7. The van der Waals surface area contributed by atoms with E-state index in [1.54, 1.807) is 0 Å². The van der Waals surface area contributed by atoms with Crippen molar-refractivity contribution in [3.63, 3.8) is 0 Å². The van der Waals surface area contributed by atoms with E-state index < -0.39 is 11.9 Å². The van der Waals surface area contributed by atoms with E-state index in [0.29, 0.717) is 12.8 Å². The maximum absolute atomic E-state index is 10.6. The van der Waals surface area contributed by atoms with Crippen LogP contribution < -0.4 is 0 Å². The zero-order valence-electron chi connectivity index (χ0n) is 13.3. The summed E-state index contributed by atoms with van der Waals surface area (Å²) in [5.41, 5.74) is 0. The van der Waals surface area contributed by atoms with E-state index in [1.807, 2.05) is 13.8 Å². The van der Waals surface area contributed by atoms with Crippen LogP contribution in [0.3, 0.4) is 0 Å². The number of carbonyl (C=O) groups excluding carboxylic acids is 2. The van der Waals surface area contributed by atoms with E-state index >= 15 is 0 Å². The fourth-order valence-corrected chi connectivity index (χ4v) is 1.06. The molecule has 0 aromatic rings. The molecule has 0 fully saturated rings. The van der Waals surface area contributed by atoms with Crippen LogP contribution in [0.1, 0.15) is 52.4 Å². The Morgan fingerprint density at radius 2 is 1.00 bits per heavy atom. The van der Waals surface area contributed by atoms with Crippen molar-refractivity contribution < 1.29 is 55.6 Å². The second kappa shape index (κ2) is 18.4. The van der Waals surface area contributed by atoms with Gasteiger partial charge in [-0.1, -0.05) is 13.8 Å². The third-order valence-electron chi connectivity index (χ3n) is 2.07. The third-order valence-corrected chi connectivity index (χ3v) is 2.07. The van der Waals surface area contributed by atoms with Gasteiger partial charge < -0.3 is 19.7 Å². The van der Waals surface area contributed by atoms with Crippen molar-refractivity contribution in [3.05, 3.63) is 0 Å². The molecule has 8 nitrogen and oxygen atoms in total. The maximum Gasteiger partial charge on any atom is 0.306 e. The molecule has 0 rings (SSSR count). The van der Waals surface area contributed by atoms with Gasteiger partial charge in [-0.05, 0) is 12.8 Å². The molecule has 0 aliphatic carbocycles. The van der Waals surface area contributed by atoms with Crippen LogP contribution in [-0.4, -0.2) is 47.3 Å². The van der Waals surface area contributed by atoms with E-state index in [9.17, 15) is 19.2 Å². The first-order chi connectivity index (χ1) is 10.3. The Labute approximate surface area is 145 Å². The minimum absolute atomic E-state index is 0. The largest absolute Gasteiger partial charge is 0.481 e. The number of rotatable bonds is 10. The van der Waals surface area contributed by atoms with Crippen molar-refractivity contribution in [1.82, 2.24) is 0 Å². The van der Waals surface area contributed by atoms with Crippen LogP contribution >= 0.6 is 0 Å². The second-order valence-corrected chi connectivity index (χ2v) is 4.23. The predicted octanol–water partition coefficient (Wildman–Crippen LogP) is 1.61. The van der Waals surface area contributed by atoms with Crippen LogP contribution in [0.25, 0.3) is 0 Å². The summed E-state index contributed by atoms with van der Waals surface area (Å²) >= 11 is 0. The van der Waals surface area contributed by atoms with E-state index in [4.69, 9.17) is 10.2 Å². The Balaban J connectivity index is -0.000000333. The molecule has 0 heterocycles. The maximum atomic E-state index is 10.6. The molecule has 0 aliphatic rings. The minimum atomic E-state index is -0.950. The fourth-order valence-electron chi connectivity index (χ4n) is 1.06. The molecule has 0 spiro atoms. The van der Waals surface area contributed by atoms with Crippen LogP contribution in [0, 0.1) is 0 Å². The fraction of sp³-hybridized carbons (Fsp3) is 0.714. The van der Waals surface area contributed by atoms with E-state index in [2.05, 4.69) is 9.47 Å². The number of esters is 2. The van der Waals surface area contributed by atoms with Gasteiger partial charge in [-0.2, -0.15) is 0 Å². The molecule has 2 N–H and O–H groups in total. The van der Waals surface area contributed by atoms with E-state index in [0.717, 1.165) is 12.8 Å². The van der Waals surface area contributed by atoms with Crippen LogP contribution in [0.4, 0.5) is 0 Å². The number of aliphatic carboxylic acids is 2. The van der Waals surface area contributed by atoms with Gasteiger partial charge in [-0.3, -0.25) is 19.2 Å². The number of hydrogen-bond donors (Lipinski definition) is 2. The molecule has 0 saturated carbocycles. The molecule has 0 bridgehead atoms. The first-order valence-corrected chi connectivity index (χ1v) is 7.08. The molecule has 0 aliphatic heterocycles. The number of carbonyl (C=O) groups is 4. The summed E-state index contributed by atoms with van der Waals surface area (Å²) in [4.78, 5) is 41.1. The number of carboxylic acids is 2. The molecular weight excluding hydrogens is 355 g/mol. The van der Waals surface area contributed by atoms with Crippen molar-refractivity contribution >= 4 is 23.9 Å². The average Bonchev–Trinajstić information content (AvgIpc) is 2.39. The van der Waals surface area contributed by atoms with Crippen molar-refractivity contribution in [2.75, 3.05) is 13.2 Å². The summed E-state index contributed by atoms with van der Waals surface area (Å²) in [6.07, 6.45) is 1.95. The van der Waals surface area contributed by atoms with Gasteiger partial charge in [0, 0.05) is 29.6 Å². The van der Waals surface area contributed by atoms with E-state index in [-0.39, 0.29) is 54.8 Å². The van der Waals surface area contributed by atoms with Crippen molar-refractivity contribution in [3.8, 4) is 0 Å². The molecule has 0 aromatic heterocycles. The zero-order chi connectivity index (χ0) is 17.4. The molecule has 23 heavy (non-hydrogen) atoms. The van der Waals surface area contributed by atoms with Gasteiger partial charge in [0.2, 0.25) is 0 Å². The van der Waals surface area contributed by atoms with E-state index in [1.165, 1.54) is 0 Å². The standard InChI is InChI=1S/2C7H12O4.Co/c2*1-2-3-7(10)11-5-4-6(8)9;/h2*2-5H2,1H3,(H,8,9);. The van der Waals surface area contributed by atoms with Crippen molar-refractivity contribution in [1.29, 1.82) is 0 Å². The minimum Gasteiger partial charge on any atom is -0.481 e. The van der Waals surface area contributed by atoms with Crippen LogP contribution in [0.5, 0.6) is 0 Å². The van der Waals surface area contributed by atoms with Gasteiger partial charge in [0.1, 0.15) is 13.2 Å². The van der Waals surface area contributed by atoms with Gasteiger partial charge in [0.05, 0.1) is 12.8 Å². The molecule has 137 valence electrons. The normalized spacial score (nSPS) is 8.78. The first-order valence-electron chi connectivity index (χ1n) is 7.08. The summed E-state index contributed by atoms with van der Waals surface area (Å²) in [7, 11) is 0. The van der Waals surface area contributed by atoms with Gasteiger partial charge in [-0.15, -0.1) is 0 Å². The van der Waals surface area contributed by atoms with Crippen molar-refractivity contribution in [2.45, 2.75) is 52.4 Å². The summed E-state index contributed by atoms with van der Waals surface area (Å²) in [6.45, 7) is 3.68. The SMILES string of the molecule is CCCC(=O)OCCC(=O)O.CCCC(=O)OCCC(=O)O.[Co]. The monoisotopic (exact) mass is 379 g/mol. The molecule has 9 heteroatoms. The Morgan fingerprint density at radius 1 is 0.696 bits per heavy atom.